The average molecular weight is 665 g/mol. The average Bonchev–Trinajstić information content (AvgIpc) is 3.08. The first-order valence-corrected chi connectivity index (χ1v) is 16.9. The molecule has 3 atom stereocenters. The number of ether oxygens (including phenoxy) is 2. The maximum Gasteiger partial charge on any atom is 0.303 e. The number of aliphatic carboxylic acids is 1. The van der Waals surface area contributed by atoms with Gasteiger partial charge < -0.3 is 35.0 Å². The molecule has 0 unspecified atom stereocenters. The van der Waals surface area contributed by atoms with E-state index in [9.17, 15) is 19.8 Å². The SMILES string of the molecule is O=C(O)CCCCCC(=O)NCc1ccc([C@H]2O[C@@H](CN3CCC(O)(c4ccc(Cl)cc4)CC3)C[C@@H](c3ccc(CO)cc3)O2)cc1. The first kappa shape index (κ1) is 35.0. The van der Waals surface area contributed by atoms with E-state index in [0.29, 0.717) is 63.1 Å². The molecule has 0 radical (unpaired) electrons. The minimum atomic E-state index is -0.875. The number of hydrogen-bond acceptors (Lipinski definition) is 7. The highest BCUT2D eigenvalue weighted by Gasteiger charge is 2.37. The van der Waals surface area contributed by atoms with Crippen molar-refractivity contribution in [3.05, 3.63) is 106 Å². The lowest BCUT2D eigenvalue weighted by atomic mass is 9.84. The van der Waals surface area contributed by atoms with Crippen molar-refractivity contribution in [1.29, 1.82) is 0 Å². The Morgan fingerprint density at radius 3 is 2.15 bits per heavy atom. The second kappa shape index (κ2) is 16.7. The molecule has 1 amide bonds. The summed E-state index contributed by atoms with van der Waals surface area (Å²) in [6.07, 6.45) is 3.50. The normalized spacial score (nSPS) is 21.3. The summed E-state index contributed by atoms with van der Waals surface area (Å²) in [6.45, 7) is 2.58. The van der Waals surface area contributed by atoms with Gasteiger partial charge in [-0.3, -0.25) is 9.59 Å². The second-order valence-electron chi connectivity index (χ2n) is 12.7. The van der Waals surface area contributed by atoms with E-state index in [0.717, 1.165) is 40.9 Å². The number of nitrogens with one attached hydrogen (secondary N) is 1. The Morgan fingerprint density at radius 2 is 1.49 bits per heavy atom. The Labute approximate surface area is 281 Å². The number of likely N-dealkylation sites (tertiary alicyclic amines) is 1. The Morgan fingerprint density at radius 1 is 0.851 bits per heavy atom. The van der Waals surface area contributed by atoms with Crippen molar-refractivity contribution in [2.75, 3.05) is 19.6 Å². The van der Waals surface area contributed by atoms with Gasteiger partial charge in [0.2, 0.25) is 5.91 Å². The van der Waals surface area contributed by atoms with Crippen LogP contribution < -0.4 is 5.32 Å². The number of halogens is 1. The topological polar surface area (TPSA) is 129 Å². The molecule has 5 rings (SSSR count). The van der Waals surface area contributed by atoms with Crippen LogP contribution in [-0.4, -0.2) is 57.8 Å². The molecule has 4 N–H and O–H groups in total. The summed E-state index contributed by atoms with van der Waals surface area (Å²) < 4.78 is 13.1. The van der Waals surface area contributed by atoms with E-state index in [1.54, 1.807) is 0 Å². The fourth-order valence-electron chi connectivity index (χ4n) is 6.30. The molecule has 2 saturated heterocycles. The van der Waals surface area contributed by atoms with E-state index < -0.39 is 17.9 Å². The van der Waals surface area contributed by atoms with Gasteiger partial charge in [-0.1, -0.05) is 78.7 Å². The number of unbranched alkanes of at least 4 members (excludes halogenated alkanes) is 2. The Balaban J connectivity index is 1.19. The van der Waals surface area contributed by atoms with Gasteiger partial charge in [0.05, 0.1) is 24.4 Å². The van der Waals surface area contributed by atoms with Crippen LogP contribution >= 0.6 is 11.6 Å². The quantitative estimate of drug-likeness (QED) is 0.154. The Hall–Kier alpha value is -3.31. The van der Waals surface area contributed by atoms with Crippen LogP contribution in [0.1, 0.15) is 91.6 Å². The van der Waals surface area contributed by atoms with Gasteiger partial charge >= 0.3 is 5.97 Å². The number of rotatable bonds is 14. The molecule has 9 nitrogen and oxygen atoms in total. The molecule has 10 heteroatoms. The van der Waals surface area contributed by atoms with Gasteiger partial charge in [-0.2, -0.15) is 0 Å². The summed E-state index contributed by atoms with van der Waals surface area (Å²) in [5, 5.41) is 33.2. The van der Waals surface area contributed by atoms with Gasteiger partial charge in [0.15, 0.2) is 6.29 Å². The largest absolute Gasteiger partial charge is 0.481 e. The zero-order valence-corrected chi connectivity index (χ0v) is 27.4. The first-order chi connectivity index (χ1) is 22.7. The molecule has 0 spiro atoms. The number of carboxylic acids is 1. The number of nitrogens with zero attached hydrogens (tertiary/aromatic N) is 1. The van der Waals surface area contributed by atoms with Gasteiger partial charge in [0, 0.05) is 56.0 Å². The number of aliphatic hydroxyl groups is 2. The van der Waals surface area contributed by atoms with Crippen LogP contribution in [0.3, 0.4) is 0 Å². The van der Waals surface area contributed by atoms with Crippen molar-refractivity contribution >= 4 is 23.5 Å². The fraction of sp³-hybridized carbons (Fsp3) is 0.459. The number of aliphatic hydroxyl groups excluding tert-OH is 1. The Bertz CT molecular complexity index is 1440. The highest BCUT2D eigenvalue weighted by Crippen LogP contribution is 2.39. The van der Waals surface area contributed by atoms with Gasteiger partial charge in [-0.05, 0) is 60.1 Å². The van der Waals surface area contributed by atoms with Crippen molar-refractivity contribution in [2.24, 2.45) is 0 Å². The lowest BCUT2D eigenvalue weighted by Crippen LogP contribution is -2.46. The van der Waals surface area contributed by atoms with Crippen LogP contribution in [0.4, 0.5) is 0 Å². The standard InChI is InChI=1S/C37H45ClN2O7/c38-31-16-14-30(15-17-31)37(45)18-20-40(21-19-37)24-32-22-33(28-10-8-27(25-41)9-11-28)47-36(46-32)29-12-6-26(7-13-29)23-39-34(42)4-2-1-3-5-35(43)44/h6-17,32-33,36,41,45H,1-5,18-25H2,(H,39,42)(H,43,44)/t32-,33+,36+/m1/s1. The van der Waals surface area contributed by atoms with Crippen LogP contribution in [0.2, 0.25) is 5.02 Å². The third kappa shape index (κ3) is 10.1. The molecule has 2 fully saturated rings. The predicted molar refractivity (Wildman–Crippen MR) is 178 cm³/mol. The molecule has 47 heavy (non-hydrogen) atoms. The van der Waals surface area contributed by atoms with E-state index in [1.165, 1.54) is 0 Å². The van der Waals surface area contributed by atoms with Crippen LogP contribution in [0.25, 0.3) is 0 Å². The number of carbonyl (C=O) groups is 2. The predicted octanol–water partition coefficient (Wildman–Crippen LogP) is 6.01. The van der Waals surface area contributed by atoms with E-state index in [-0.39, 0.29) is 31.1 Å². The van der Waals surface area contributed by atoms with E-state index in [2.05, 4.69) is 10.2 Å². The number of hydrogen-bond donors (Lipinski definition) is 4. The van der Waals surface area contributed by atoms with Crippen molar-refractivity contribution in [3.63, 3.8) is 0 Å². The summed E-state index contributed by atoms with van der Waals surface area (Å²) in [6, 6.07) is 23.2. The van der Waals surface area contributed by atoms with Crippen molar-refractivity contribution in [2.45, 2.75) is 88.6 Å². The molecule has 0 bridgehead atoms. The maximum atomic E-state index is 12.3. The van der Waals surface area contributed by atoms with Gasteiger partial charge in [0.1, 0.15) is 0 Å². The molecule has 0 aliphatic carbocycles. The van der Waals surface area contributed by atoms with Crippen LogP contribution in [0, 0.1) is 0 Å². The van der Waals surface area contributed by atoms with E-state index in [1.807, 2.05) is 72.8 Å². The summed E-state index contributed by atoms with van der Waals surface area (Å²) in [5.74, 6) is -0.860. The monoisotopic (exact) mass is 664 g/mol. The lowest BCUT2D eigenvalue weighted by Gasteiger charge is -2.42. The number of piperidine rings is 1. The molecular formula is C37H45ClN2O7. The summed E-state index contributed by atoms with van der Waals surface area (Å²) in [5.41, 5.74) is 3.73. The van der Waals surface area contributed by atoms with Crippen LogP contribution in [0.5, 0.6) is 0 Å². The maximum absolute atomic E-state index is 12.3. The van der Waals surface area contributed by atoms with E-state index in [4.69, 9.17) is 26.2 Å². The number of carbonyl (C=O) groups excluding carboxylic acids is 1. The highest BCUT2D eigenvalue weighted by atomic mass is 35.5. The third-order valence-electron chi connectivity index (χ3n) is 9.18. The van der Waals surface area contributed by atoms with E-state index >= 15 is 0 Å². The molecule has 3 aromatic carbocycles. The molecule has 2 heterocycles. The molecular weight excluding hydrogens is 620 g/mol. The Kier molecular flexibility index (Phi) is 12.4. The molecule has 0 aromatic heterocycles. The first-order valence-electron chi connectivity index (χ1n) is 16.5. The van der Waals surface area contributed by atoms with Crippen LogP contribution in [0.15, 0.2) is 72.8 Å². The smallest absolute Gasteiger partial charge is 0.303 e. The summed E-state index contributed by atoms with van der Waals surface area (Å²) in [7, 11) is 0. The fourth-order valence-corrected chi connectivity index (χ4v) is 6.42. The van der Waals surface area contributed by atoms with Crippen molar-refractivity contribution in [1.82, 2.24) is 10.2 Å². The van der Waals surface area contributed by atoms with Crippen molar-refractivity contribution < 1.29 is 34.4 Å². The molecule has 2 aliphatic rings. The molecule has 252 valence electrons. The molecule has 3 aromatic rings. The molecule has 0 saturated carbocycles. The van der Waals surface area contributed by atoms with Crippen LogP contribution in [-0.2, 0) is 37.8 Å². The summed E-state index contributed by atoms with van der Waals surface area (Å²) in [4.78, 5) is 25.2. The zero-order valence-electron chi connectivity index (χ0n) is 26.7. The lowest BCUT2D eigenvalue weighted by molar-refractivity contribution is -0.253. The third-order valence-corrected chi connectivity index (χ3v) is 9.43. The summed E-state index contributed by atoms with van der Waals surface area (Å²) >= 11 is 6.06. The highest BCUT2D eigenvalue weighted by molar-refractivity contribution is 6.30. The minimum absolute atomic E-state index is 0.0168. The number of amides is 1. The zero-order chi connectivity index (χ0) is 33.2. The minimum Gasteiger partial charge on any atom is -0.481 e. The number of carboxylic acid groups (broad SMARTS) is 1. The van der Waals surface area contributed by atoms with Crippen molar-refractivity contribution in [3.8, 4) is 0 Å². The number of benzene rings is 3. The molecule has 2 aliphatic heterocycles. The van der Waals surface area contributed by atoms with Gasteiger partial charge in [-0.25, -0.2) is 0 Å². The van der Waals surface area contributed by atoms with Gasteiger partial charge in [-0.15, -0.1) is 0 Å². The second-order valence-corrected chi connectivity index (χ2v) is 13.1. The van der Waals surface area contributed by atoms with Gasteiger partial charge in [0.25, 0.3) is 0 Å².